The molecule has 19 heavy (non-hydrogen) atoms. The molecule has 0 amide bonds. The largest absolute Gasteiger partial charge is 0.574 e. The second-order valence-corrected chi connectivity index (χ2v) is 4.21. The zero-order valence-corrected chi connectivity index (χ0v) is 11.7. The molecule has 1 aromatic heterocycles. The van der Waals surface area contributed by atoms with Crippen LogP contribution in [0.1, 0.15) is 22.8 Å². The number of carbonyl (C=O) groups is 1. The van der Waals surface area contributed by atoms with Crippen LogP contribution < -0.4 is 4.74 Å². The van der Waals surface area contributed by atoms with Gasteiger partial charge in [0.15, 0.2) is 0 Å². The van der Waals surface area contributed by atoms with Crippen LogP contribution in [0.2, 0.25) is 0 Å². The van der Waals surface area contributed by atoms with E-state index >= 15 is 0 Å². The third kappa shape index (κ3) is 4.48. The molecule has 0 spiro atoms. The molecule has 4 nitrogen and oxygen atoms in total. The van der Waals surface area contributed by atoms with E-state index in [1.165, 1.54) is 6.92 Å². The summed E-state index contributed by atoms with van der Waals surface area (Å²) in [5.74, 6) is -2.01. The van der Waals surface area contributed by atoms with Crippen LogP contribution in [0, 0.1) is 3.70 Å². The van der Waals surface area contributed by atoms with E-state index in [1.54, 1.807) is 22.6 Å². The fourth-order valence-corrected chi connectivity index (χ4v) is 1.67. The number of aromatic nitrogens is 1. The average molecular weight is 393 g/mol. The van der Waals surface area contributed by atoms with Gasteiger partial charge in [-0.05, 0) is 35.6 Å². The van der Waals surface area contributed by atoms with Gasteiger partial charge in [0.2, 0.25) is 5.88 Å². The van der Waals surface area contributed by atoms with Gasteiger partial charge in [0.05, 0.1) is 6.61 Å². The lowest BCUT2D eigenvalue weighted by Gasteiger charge is -2.13. The Morgan fingerprint density at radius 2 is 2.11 bits per heavy atom. The summed E-state index contributed by atoms with van der Waals surface area (Å²) < 4.78 is 57.4. The van der Waals surface area contributed by atoms with Gasteiger partial charge in [-0.2, -0.15) is 0 Å². The number of hydrogen-bond acceptors (Lipinski definition) is 4. The average Bonchev–Trinajstić information content (AvgIpc) is 2.27. The summed E-state index contributed by atoms with van der Waals surface area (Å²) >= 11 is 1.55. The van der Waals surface area contributed by atoms with Crippen molar-refractivity contribution in [2.45, 2.75) is 20.0 Å². The van der Waals surface area contributed by atoms with E-state index in [0.717, 1.165) is 6.07 Å². The SMILES string of the molecule is CCOC(=O)c1cc(CF)c(I)nc1OC(F)(F)F. The number of ether oxygens (including phenoxy) is 2. The molecule has 1 heterocycles. The summed E-state index contributed by atoms with van der Waals surface area (Å²) in [6.07, 6.45) is -5.01. The van der Waals surface area contributed by atoms with Crippen molar-refractivity contribution in [3.63, 3.8) is 0 Å². The third-order valence-corrected chi connectivity index (χ3v) is 2.80. The molecule has 0 radical (unpaired) electrons. The smallest absolute Gasteiger partial charge is 0.462 e. The summed E-state index contributed by atoms with van der Waals surface area (Å²) in [7, 11) is 0. The molecule has 0 aliphatic heterocycles. The fourth-order valence-electron chi connectivity index (χ4n) is 1.15. The molecule has 0 aliphatic carbocycles. The van der Waals surface area contributed by atoms with E-state index in [1.807, 2.05) is 0 Å². The number of carbonyl (C=O) groups excluding carboxylic acids is 1. The van der Waals surface area contributed by atoms with Crippen LogP contribution in [0.4, 0.5) is 17.6 Å². The molecule has 0 N–H and O–H groups in total. The quantitative estimate of drug-likeness (QED) is 0.341. The Bertz CT molecular complexity index is 479. The van der Waals surface area contributed by atoms with Crippen molar-refractivity contribution < 1.29 is 31.8 Å². The van der Waals surface area contributed by atoms with Crippen molar-refractivity contribution in [3.8, 4) is 5.88 Å². The molecular weight excluding hydrogens is 385 g/mol. The molecule has 0 aromatic carbocycles. The van der Waals surface area contributed by atoms with Crippen molar-refractivity contribution in [2.75, 3.05) is 6.61 Å². The van der Waals surface area contributed by atoms with Crippen LogP contribution >= 0.6 is 22.6 Å². The highest BCUT2D eigenvalue weighted by Crippen LogP contribution is 2.28. The van der Waals surface area contributed by atoms with Gasteiger partial charge in [-0.15, -0.1) is 13.2 Å². The molecule has 9 heteroatoms. The van der Waals surface area contributed by atoms with Crippen LogP contribution in [0.15, 0.2) is 6.07 Å². The van der Waals surface area contributed by atoms with Gasteiger partial charge < -0.3 is 9.47 Å². The van der Waals surface area contributed by atoms with Crippen LogP contribution in [0.3, 0.4) is 0 Å². The van der Waals surface area contributed by atoms with E-state index in [2.05, 4.69) is 14.5 Å². The zero-order valence-electron chi connectivity index (χ0n) is 9.55. The third-order valence-electron chi connectivity index (χ3n) is 1.87. The molecule has 0 bridgehead atoms. The minimum absolute atomic E-state index is 0.0156. The standard InChI is InChI=1S/C10H8F4INO3/c1-2-18-9(17)6-3-5(4-11)7(15)16-8(6)19-10(12,13)14/h3H,2,4H2,1H3. The van der Waals surface area contributed by atoms with Crippen LogP contribution in [0.5, 0.6) is 5.88 Å². The summed E-state index contributed by atoms with van der Waals surface area (Å²) in [4.78, 5) is 14.9. The minimum Gasteiger partial charge on any atom is -0.462 e. The number of pyridine rings is 1. The first-order chi connectivity index (χ1) is 8.78. The first kappa shape index (κ1) is 15.9. The molecule has 0 unspecified atom stereocenters. The summed E-state index contributed by atoms with van der Waals surface area (Å²) in [5, 5.41) is 0. The topological polar surface area (TPSA) is 48.4 Å². The summed E-state index contributed by atoms with van der Waals surface area (Å²) in [6, 6.07) is 0.938. The highest BCUT2D eigenvalue weighted by atomic mass is 127. The van der Waals surface area contributed by atoms with Crippen molar-refractivity contribution in [3.05, 3.63) is 20.9 Å². The van der Waals surface area contributed by atoms with Gasteiger partial charge in [0, 0.05) is 5.56 Å². The Balaban J connectivity index is 3.26. The Labute approximate surface area is 119 Å². The molecule has 106 valence electrons. The maximum atomic E-state index is 12.6. The molecule has 1 rings (SSSR count). The summed E-state index contributed by atoms with van der Waals surface area (Å²) in [6.45, 7) is 0.476. The van der Waals surface area contributed by atoms with Gasteiger partial charge in [-0.25, -0.2) is 14.2 Å². The Hall–Kier alpha value is -1.13. The van der Waals surface area contributed by atoms with Crippen molar-refractivity contribution in [2.24, 2.45) is 0 Å². The van der Waals surface area contributed by atoms with E-state index in [0.29, 0.717) is 0 Å². The number of alkyl halides is 4. The molecule has 0 aliphatic rings. The second kappa shape index (κ2) is 6.35. The van der Waals surface area contributed by atoms with Gasteiger partial charge in [-0.3, -0.25) is 0 Å². The van der Waals surface area contributed by atoms with Crippen molar-refractivity contribution in [1.82, 2.24) is 4.98 Å². The van der Waals surface area contributed by atoms with Crippen LogP contribution in [0.25, 0.3) is 0 Å². The van der Waals surface area contributed by atoms with Crippen molar-refractivity contribution >= 4 is 28.6 Å². The van der Waals surface area contributed by atoms with Crippen molar-refractivity contribution in [1.29, 1.82) is 0 Å². The Morgan fingerprint density at radius 1 is 1.47 bits per heavy atom. The normalized spacial score (nSPS) is 11.3. The number of halogens is 5. The molecule has 0 atom stereocenters. The minimum atomic E-state index is -5.01. The van der Waals surface area contributed by atoms with E-state index < -0.39 is 30.4 Å². The maximum absolute atomic E-state index is 12.6. The first-order valence-corrected chi connectivity index (χ1v) is 6.04. The van der Waals surface area contributed by atoms with E-state index in [-0.39, 0.29) is 15.9 Å². The predicted octanol–water partition coefficient (Wildman–Crippen LogP) is 3.23. The summed E-state index contributed by atoms with van der Waals surface area (Å²) in [5.41, 5.74) is -0.578. The molecular formula is C10H8F4INO3. The van der Waals surface area contributed by atoms with E-state index in [4.69, 9.17) is 0 Å². The highest BCUT2D eigenvalue weighted by Gasteiger charge is 2.34. The Morgan fingerprint density at radius 3 is 2.58 bits per heavy atom. The lowest BCUT2D eigenvalue weighted by atomic mass is 10.2. The molecule has 0 fully saturated rings. The zero-order chi connectivity index (χ0) is 14.6. The van der Waals surface area contributed by atoms with Crippen LogP contribution in [-0.2, 0) is 11.4 Å². The van der Waals surface area contributed by atoms with Crippen LogP contribution in [-0.4, -0.2) is 23.9 Å². The Kier molecular flexibility index (Phi) is 5.32. The van der Waals surface area contributed by atoms with Gasteiger partial charge >= 0.3 is 12.3 Å². The monoisotopic (exact) mass is 393 g/mol. The predicted molar refractivity (Wildman–Crippen MR) is 64.4 cm³/mol. The second-order valence-electron chi connectivity index (χ2n) is 3.19. The number of esters is 1. The molecule has 0 saturated carbocycles. The lowest BCUT2D eigenvalue weighted by molar-refractivity contribution is -0.276. The first-order valence-electron chi connectivity index (χ1n) is 4.96. The highest BCUT2D eigenvalue weighted by molar-refractivity contribution is 14.1. The molecule has 1 aromatic rings. The maximum Gasteiger partial charge on any atom is 0.574 e. The van der Waals surface area contributed by atoms with Gasteiger partial charge in [0.1, 0.15) is 15.9 Å². The number of rotatable bonds is 4. The fraction of sp³-hybridized carbons (Fsp3) is 0.400. The van der Waals surface area contributed by atoms with E-state index in [9.17, 15) is 22.4 Å². The number of hydrogen-bond donors (Lipinski definition) is 0. The number of nitrogens with zero attached hydrogens (tertiary/aromatic N) is 1. The lowest BCUT2D eigenvalue weighted by Crippen LogP contribution is -2.21. The van der Waals surface area contributed by atoms with Gasteiger partial charge in [0.25, 0.3) is 0 Å². The molecule has 0 saturated heterocycles. The van der Waals surface area contributed by atoms with Gasteiger partial charge in [-0.1, -0.05) is 0 Å².